The second-order valence-electron chi connectivity index (χ2n) is 5.03. The van der Waals surface area contributed by atoms with E-state index in [4.69, 9.17) is 0 Å². The van der Waals surface area contributed by atoms with Crippen molar-refractivity contribution in [2.75, 3.05) is 0 Å². The van der Waals surface area contributed by atoms with Crippen LogP contribution in [0.15, 0.2) is 36.8 Å². The van der Waals surface area contributed by atoms with E-state index in [2.05, 4.69) is 9.97 Å². The van der Waals surface area contributed by atoms with E-state index in [0.717, 1.165) is 11.8 Å². The third kappa shape index (κ3) is 3.63. The smallest absolute Gasteiger partial charge is 0.276 e. The molecule has 116 valence electrons. The first-order valence-electron chi connectivity index (χ1n) is 7.03. The van der Waals surface area contributed by atoms with Gasteiger partial charge in [0.05, 0.1) is 6.20 Å². The van der Waals surface area contributed by atoms with Crippen LogP contribution in [0.4, 0.5) is 8.78 Å². The Morgan fingerprint density at radius 2 is 2.00 bits per heavy atom. The standard InChI is InChI=1S/C16H17F2N3O/c1-3-11(2)21(10-12-4-6-19-7-5-12)16(22)15-14(18)8-13(17)9-20-15/h4-9,11H,3,10H2,1-2H3/t11-/m0/s1. The van der Waals surface area contributed by atoms with E-state index in [1.54, 1.807) is 24.5 Å². The van der Waals surface area contributed by atoms with Gasteiger partial charge in [-0.1, -0.05) is 6.92 Å². The second-order valence-corrected chi connectivity index (χ2v) is 5.03. The van der Waals surface area contributed by atoms with E-state index in [1.165, 1.54) is 4.90 Å². The van der Waals surface area contributed by atoms with Gasteiger partial charge in [0.15, 0.2) is 11.5 Å². The fourth-order valence-electron chi connectivity index (χ4n) is 2.04. The first-order valence-corrected chi connectivity index (χ1v) is 7.03. The molecule has 0 bridgehead atoms. The maximum absolute atomic E-state index is 13.8. The molecule has 4 nitrogen and oxygen atoms in total. The van der Waals surface area contributed by atoms with Gasteiger partial charge in [0, 0.05) is 31.0 Å². The van der Waals surface area contributed by atoms with Gasteiger partial charge < -0.3 is 4.90 Å². The van der Waals surface area contributed by atoms with Crippen LogP contribution in [-0.4, -0.2) is 26.8 Å². The molecule has 0 radical (unpaired) electrons. The summed E-state index contributed by atoms with van der Waals surface area (Å²) in [5.74, 6) is -2.31. The van der Waals surface area contributed by atoms with Gasteiger partial charge in [0.1, 0.15) is 5.82 Å². The molecule has 0 N–H and O–H groups in total. The monoisotopic (exact) mass is 305 g/mol. The number of aromatic nitrogens is 2. The SMILES string of the molecule is CC[C@H](C)N(Cc1ccncc1)C(=O)c1ncc(F)cc1F. The van der Waals surface area contributed by atoms with Crippen LogP contribution >= 0.6 is 0 Å². The van der Waals surface area contributed by atoms with Gasteiger partial charge in [0.25, 0.3) is 5.91 Å². The number of hydrogen-bond acceptors (Lipinski definition) is 3. The highest BCUT2D eigenvalue weighted by Crippen LogP contribution is 2.16. The maximum Gasteiger partial charge on any atom is 0.276 e. The molecule has 0 spiro atoms. The molecule has 22 heavy (non-hydrogen) atoms. The first-order chi connectivity index (χ1) is 10.5. The molecule has 0 saturated carbocycles. The molecule has 0 unspecified atom stereocenters. The number of nitrogens with zero attached hydrogens (tertiary/aromatic N) is 3. The van der Waals surface area contributed by atoms with Crippen LogP contribution in [0.3, 0.4) is 0 Å². The topological polar surface area (TPSA) is 46.1 Å². The molecule has 0 aromatic carbocycles. The van der Waals surface area contributed by atoms with Crippen molar-refractivity contribution in [2.24, 2.45) is 0 Å². The molecular formula is C16H17F2N3O. The Balaban J connectivity index is 2.30. The number of pyridine rings is 2. The van der Waals surface area contributed by atoms with Crippen LogP contribution in [0.1, 0.15) is 36.3 Å². The molecule has 0 saturated heterocycles. The Bertz CT molecular complexity index is 649. The highest BCUT2D eigenvalue weighted by Gasteiger charge is 2.24. The maximum atomic E-state index is 13.8. The van der Waals surface area contributed by atoms with E-state index < -0.39 is 17.5 Å². The van der Waals surface area contributed by atoms with Crippen molar-refractivity contribution < 1.29 is 13.6 Å². The molecular weight excluding hydrogens is 288 g/mol. The number of hydrogen-bond donors (Lipinski definition) is 0. The summed E-state index contributed by atoms with van der Waals surface area (Å²) in [5.41, 5.74) is 0.516. The molecule has 2 aromatic heterocycles. The lowest BCUT2D eigenvalue weighted by atomic mass is 10.1. The summed E-state index contributed by atoms with van der Waals surface area (Å²) >= 11 is 0. The molecule has 1 amide bonds. The largest absolute Gasteiger partial charge is 0.330 e. The predicted molar refractivity (Wildman–Crippen MR) is 78.0 cm³/mol. The molecule has 0 aliphatic rings. The van der Waals surface area contributed by atoms with Gasteiger partial charge in [-0.05, 0) is 31.0 Å². The Kier molecular flexibility index (Phi) is 5.14. The summed E-state index contributed by atoms with van der Waals surface area (Å²) in [5, 5.41) is 0. The summed E-state index contributed by atoms with van der Waals surface area (Å²) in [6.07, 6.45) is 4.81. The minimum atomic E-state index is -0.951. The molecule has 6 heteroatoms. The van der Waals surface area contributed by atoms with Gasteiger partial charge in [0.2, 0.25) is 0 Å². The third-order valence-electron chi connectivity index (χ3n) is 3.50. The van der Waals surface area contributed by atoms with Gasteiger partial charge >= 0.3 is 0 Å². The Morgan fingerprint density at radius 1 is 1.32 bits per heavy atom. The zero-order valence-electron chi connectivity index (χ0n) is 12.5. The van der Waals surface area contributed by atoms with Crippen molar-refractivity contribution in [3.8, 4) is 0 Å². The Morgan fingerprint density at radius 3 is 2.59 bits per heavy atom. The average molecular weight is 305 g/mol. The van der Waals surface area contributed by atoms with E-state index in [1.807, 2.05) is 13.8 Å². The van der Waals surface area contributed by atoms with Gasteiger partial charge in [-0.3, -0.25) is 9.78 Å². The van der Waals surface area contributed by atoms with Crippen molar-refractivity contribution in [2.45, 2.75) is 32.9 Å². The van der Waals surface area contributed by atoms with Crippen LogP contribution in [0.5, 0.6) is 0 Å². The Hall–Kier alpha value is -2.37. The minimum Gasteiger partial charge on any atom is -0.330 e. The molecule has 0 fully saturated rings. The zero-order valence-corrected chi connectivity index (χ0v) is 12.5. The highest BCUT2D eigenvalue weighted by molar-refractivity contribution is 5.92. The molecule has 2 rings (SSSR count). The second kappa shape index (κ2) is 7.06. The fourth-order valence-corrected chi connectivity index (χ4v) is 2.04. The summed E-state index contributed by atoms with van der Waals surface area (Å²) < 4.78 is 26.8. The zero-order chi connectivity index (χ0) is 16.1. The van der Waals surface area contributed by atoms with Crippen LogP contribution in [0.25, 0.3) is 0 Å². The number of carbonyl (C=O) groups excluding carboxylic acids is 1. The average Bonchev–Trinajstić information content (AvgIpc) is 2.52. The number of carbonyl (C=O) groups is 1. The van der Waals surface area contributed by atoms with Crippen molar-refractivity contribution in [1.82, 2.24) is 14.9 Å². The highest BCUT2D eigenvalue weighted by atomic mass is 19.1. The lowest BCUT2D eigenvalue weighted by molar-refractivity contribution is 0.0660. The Labute approximate surface area is 127 Å². The van der Waals surface area contributed by atoms with Crippen molar-refractivity contribution in [1.29, 1.82) is 0 Å². The van der Waals surface area contributed by atoms with E-state index in [-0.39, 0.29) is 11.7 Å². The normalized spacial score (nSPS) is 12.0. The van der Waals surface area contributed by atoms with Crippen LogP contribution in [-0.2, 0) is 6.54 Å². The molecule has 0 aliphatic carbocycles. The summed E-state index contributed by atoms with van der Waals surface area (Å²) in [4.78, 5) is 21.6. The van der Waals surface area contributed by atoms with Gasteiger partial charge in [-0.2, -0.15) is 0 Å². The van der Waals surface area contributed by atoms with Crippen molar-refractivity contribution in [3.63, 3.8) is 0 Å². The predicted octanol–water partition coefficient (Wildman–Crippen LogP) is 3.20. The quantitative estimate of drug-likeness (QED) is 0.852. The number of amides is 1. The van der Waals surface area contributed by atoms with Gasteiger partial charge in [-0.25, -0.2) is 13.8 Å². The van der Waals surface area contributed by atoms with Crippen LogP contribution in [0.2, 0.25) is 0 Å². The third-order valence-corrected chi connectivity index (χ3v) is 3.50. The molecule has 2 heterocycles. The molecule has 2 aromatic rings. The molecule has 0 aliphatic heterocycles. The number of halogens is 2. The van der Waals surface area contributed by atoms with Crippen LogP contribution in [0, 0.1) is 11.6 Å². The van der Waals surface area contributed by atoms with Crippen molar-refractivity contribution >= 4 is 5.91 Å². The minimum absolute atomic E-state index is 0.105. The number of rotatable bonds is 5. The first kappa shape index (κ1) is 16.0. The fraction of sp³-hybridized carbons (Fsp3) is 0.312. The molecule has 1 atom stereocenters. The summed E-state index contributed by atoms with van der Waals surface area (Å²) in [7, 11) is 0. The summed E-state index contributed by atoms with van der Waals surface area (Å²) in [6, 6.07) is 4.14. The lowest BCUT2D eigenvalue weighted by Gasteiger charge is -2.28. The van der Waals surface area contributed by atoms with Gasteiger partial charge in [-0.15, -0.1) is 0 Å². The van der Waals surface area contributed by atoms with E-state index in [9.17, 15) is 13.6 Å². The van der Waals surface area contributed by atoms with E-state index in [0.29, 0.717) is 19.0 Å². The van der Waals surface area contributed by atoms with Crippen molar-refractivity contribution in [3.05, 3.63) is 59.7 Å². The lowest BCUT2D eigenvalue weighted by Crippen LogP contribution is -2.38. The summed E-state index contributed by atoms with van der Waals surface area (Å²) in [6.45, 7) is 4.13. The van der Waals surface area contributed by atoms with E-state index >= 15 is 0 Å². The van der Waals surface area contributed by atoms with Crippen LogP contribution < -0.4 is 0 Å².